The van der Waals surface area contributed by atoms with Crippen LogP contribution in [-0.4, -0.2) is 133 Å². The van der Waals surface area contributed by atoms with Crippen LogP contribution in [0.3, 0.4) is 0 Å². The standard InChI is InChI=1S/C46H58F2N10O10/c1-54-37-23-26(6-10-34(37)58(45(54)66)36-12-14-39(60)53-42(36)63)4-2-3-25-15-18-55(19-16-25)44(65)33(22-27-5-8-29(47)30(48)21-27)52-40(61)32(9-13-38(50)59)51-41(62)35-11-7-28-17-20-56(46(67)68)24-31(49)43(64)57(28)35/h5-6,8,10,21,23,25,28,31-33,35-36H,2-4,7,9,11-20,22,24,49H2,1H3,(H2,50,59)(H,51,62)(H,52,61)(H,67,68)(H,53,60,63)/t28-,31+,32+,33+,35+,36?/m1/s1. The number of carboxylic acid groups (broad SMARTS) is 1. The molecule has 4 fully saturated rings. The van der Waals surface area contributed by atoms with Crippen LogP contribution in [0.4, 0.5) is 13.6 Å². The van der Waals surface area contributed by atoms with E-state index in [9.17, 15) is 57.0 Å². The molecule has 22 heteroatoms. The summed E-state index contributed by atoms with van der Waals surface area (Å²) < 4.78 is 31.3. The number of rotatable bonds is 15. The van der Waals surface area contributed by atoms with Gasteiger partial charge in [-0.25, -0.2) is 18.4 Å². The van der Waals surface area contributed by atoms with Crippen LogP contribution < -0.4 is 33.1 Å². The lowest BCUT2D eigenvalue weighted by atomic mass is 9.90. The van der Waals surface area contributed by atoms with Gasteiger partial charge in [-0.15, -0.1) is 0 Å². The summed E-state index contributed by atoms with van der Waals surface area (Å²) >= 11 is 0. The summed E-state index contributed by atoms with van der Waals surface area (Å²) in [5.41, 5.74) is 13.7. The largest absolute Gasteiger partial charge is 0.465 e. The number of nitrogens with one attached hydrogen (secondary N) is 3. The predicted molar refractivity (Wildman–Crippen MR) is 239 cm³/mol. The number of nitrogens with two attached hydrogens (primary N) is 2. The Balaban J connectivity index is 0.988. The van der Waals surface area contributed by atoms with Gasteiger partial charge < -0.3 is 41.9 Å². The van der Waals surface area contributed by atoms with Crippen LogP contribution in [0.25, 0.3) is 11.0 Å². The second-order valence-electron chi connectivity index (χ2n) is 18.4. The van der Waals surface area contributed by atoms with E-state index >= 15 is 0 Å². The van der Waals surface area contributed by atoms with E-state index in [0.29, 0.717) is 49.8 Å². The molecule has 2 aromatic carbocycles. The minimum Gasteiger partial charge on any atom is -0.465 e. The number of imidazole rings is 1. The van der Waals surface area contributed by atoms with Crippen molar-refractivity contribution in [1.29, 1.82) is 0 Å². The third-order valence-electron chi connectivity index (χ3n) is 13.8. The maximum Gasteiger partial charge on any atom is 0.407 e. The predicted octanol–water partition coefficient (Wildman–Crippen LogP) is 0.706. The van der Waals surface area contributed by atoms with Crippen molar-refractivity contribution in [3.05, 3.63) is 69.6 Å². The van der Waals surface area contributed by atoms with Crippen LogP contribution in [0.5, 0.6) is 0 Å². The summed E-state index contributed by atoms with van der Waals surface area (Å²) in [4.78, 5) is 121. The first-order valence-electron chi connectivity index (χ1n) is 23.1. The van der Waals surface area contributed by atoms with Gasteiger partial charge in [0, 0.05) is 58.5 Å². The molecule has 20 nitrogen and oxygen atoms in total. The van der Waals surface area contributed by atoms with Gasteiger partial charge in [0.1, 0.15) is 30.2 Å². The van der Waals surface area contributed by atoms with E-state index in [1.165, 1.54) is 20.1 Å². The highest BCUT2D eigenvalue weighted by Crippen LogP contribution is 2.30. The summed E-state index contributed by atoms with van der Waals surface area (Å²) in [7, 11) is 1.64. The maximum atomic E-state index is 14.4. The van der Waals surface area contributed by atoms with Gasteiger partial charge in [0.15, 0.2) is 11.6 Å². The molecular weight excluding hydrogens is 891 g/mol. The molecule has 366 valence electrons. The molecule has 0 aliphatic carbocycles. The molecule has 8 N–H and O–H groups in total. The molecule has 68 heavy (non-hydrogen) atoms. The Morgan fingerprint density at radius 1 is 0.853 bits per heavy atom. The van der Waals surface area contributed by atoms with E-state index in [1.807, 2.05) is 18.2 Å². The van der Waals surface area contributed by atoms with Crippen molar-refractivity contribution in [2.45, 2.75) is 120 Å². The molecule has 3 aromatic rings. The second-order valence-corrected chi connectivity index (χ2v) is 18.4. The molecule has 1 unspecified atom stereocenters. The van der Waals surface area contributed by atoms with Crippen LogP contribution in [0, 0.1) is 17.6 Å². The molecule has 8 amide bonds. The van der Waals surface area contributed by atoms with Crippen molar-refractivity contribution >= 4 is 58.5 Å². The Morgan fingerprint density at radius 2 is 1.57 bits per heavy atom. The van der Waals surface area contributed by atoms with Gasteiger partial charge in [-0.2, -0.15) is 0 Å². The Bertz CT molecular complexity index is 2540. The van der Waals surface area contributed by atoms with E-state index in [4.69, 9.17) is 11.5 Å². The van der Waals surface area contributed by atoms with Crippen molar-refractivity contribution in [3.8, 4) is 0 Å². The Morgan fingerprint density at radius 3 is 2.26 bits per heavy atom. The number of imide groups is 1. The number of carbonyl (C=O) groups is 8. The van der Waals surface area contributed by atoms with Crippen molar-refractivity contribution in [3.63, 3.8) is 0 Å². The number of aryl methyl sites for hydroxylation is 2. The average molecular weight is 949 g/mol. The summed E-state index contributed by atoms with van der Waals surface area (Å²) in [5, 5.41) is 17.2. The summed E-state index contributed by atoms with van der Waals surface area (Å²) in [6.45, 7) is 0.514. The Hall–Kier alpha value is -6.71. The van der Waals surface area contributed by atoms with Gasteiger partial charge in [0.05, 0.1) is 11.0 Å². The molecule has 7 rings (SSSR count). The lowest BCUT2D eigenvalue weighted by Gasteiger charge is -2.37. The van der Waals surface area contributed by atoms with E-state index < -0.39 is 89.4 Å². The van der Waals surface area contributed by atoms with Gasteiger partial charge in [-0.3, -0.25) is 48.0 Å². The molecule has 6 atom stereocenters. The number of aromatic nitrogens is 2. The normalized spacial score (nSPS) is 22.2. The summed E-state index contributed by atoms with van der Waals surface area (Å²) in [6.07, 6.45) is 2.80. The number of halogens is 2. The fourth-order valence-electron chi connectivity index (χ4n) is 10.1. The third kappa shape index (κ3) is 11.0. The van der Waals surface area contributed by atoms with Crippen LogP contribution in [-0.2, 0) is 53.5 Å². The SMILES string of the molecule is Cn1c(=O)n(C2CCC(=O)NC2=O)c2ccc(CCCC3CCN(C(=O)[C@H](Cc4ccc(F)c(F)c4)NC(=O)[C@H](CCC(N)=O)NC(=O)[C@@H]4CC[C@@H]5CCN(C(=O)O)C[C@H](N)C(=O)N54)CC3)cc21. The first-order chi connectivity index (χ1) is 32.4. The zero-order valence-electron chi connectivity index (χ0n) is 37.8. The van der Waals surface area contributed by atoms with Gasteiger partial charge in [0.2, 0.25) is 41.4 Å². The molecule has 5 heterocycles. The third-order valence-corrected chi connectivity index (χ3v) is 13.8. The monoisotopic (exact) mass is 948 g/mol. The van der Waals surface area contributed by atoms with Crippen molar-refractivity contribution in [2.75, 3.05) is 26.2 Å². The number of fused-ring (bicyclic) bond motifs is 2. The van der Waals surface area contributed by atoms with Crippen molar-refractivity contribution in [1.82, 2.24) is 39.8 Å². The smallest absolute Gasteiger partial charge is 0.407 e. The lowest BCUT2D eigenvalue weighted by molar-refractivity contribution is -0.143. The highest BCUT2D eigenvalue weighted by Gasteiger charge is 2.45. The van der Waals surface area contributed by atoms with Gasteiger partial charge in [-0.05, 0) is 106 Å². The second kappa shape index (κ2) is 21.1. The molecule has 0 spiro atoms. The number of carbonyl (C=O) groups excluding carboxylic acids is 7. The minimum absolute atomic E-state index is 0.0937. The molecule has 4 aliphatic heterocycles. The maximum absolute atomic E-state index is 14.4. The number of likely N-dealkylation sites (tertiary alicyclic amines) is 1. The molecule has 0 saturated carbocycles. The number of benzene rings is 2. The Kier molecular flexibility index (Phi) is 15.2. The average Bonchev–Trinajstić information content (AvgIpc) is 3.83. The van der Waals surface area contributed by atoms with Gasteiger partial charge in [0.25, 0.3) is 0 Å². The Labute approximate surface area is 389 Å². The summed E-state index contributed by atoms with van der Waals surface area (Å²) in [6, 6.07) is 2.55. The van der Waals surface area contributed by atoms with E-state index in [1.54, 1.807) is 11.9 Å². The van der Waals surface area contributed by atoms with Gasteiger partial charge in [-0.1, -0.05) is 12.1 Å². The first-order valence-corrected chi connectivity index (χ1v) is 23.1. The molecule has 4 saturated heterocycles. The number of hydrogen-bond acceptors (Lipinski definition) is 10. The quantitative estimate of drug-likeness (QED) is 0.115. The number of nitrogens with zero attached hydrogens (tertiary/aromatic N) is 5. The topological polar surface area (TPSA) is 282 Å². The zero-order chi connectivity index (χ0) is 49.0. The van der Waals surface area contributed by atoms with Crippen LogP contribution in [0.1, 0.15) is 87.8 Å². The number of hydrogen-bond donors (Lipinski definition) is 6. The van der Waals surface area contributed by atoms with Crippen LogP contribution in [0.15, 0.2) is 41.2 Å². The van der Waals surface area contributed by atoms with E-state index in [-0.39, 0.29) is 81.1 Å². The molecule has 1 aromatic heterocycles. The number of amides is 8. The summed E-state index contributed by atoms with van der Waals surface area (Å²) in [5.74, 6) is -6.29. The van der Waals surface area contributed by atoms with Gasteiger partial charge >= 0.3 is 11.8 Å². The van der Waals surface area contributed by atoms with Crippen LogP contribution >= 0.6 is 0 Å². The molecule has 0 bridgehead atoms. The van der Waals surface area contributed by atoms with E-state index in [0.717, 1.165) is 35.4 Å². The molecular formula is C46H58F2N10O10. The number of primary amides is 1. The first kappa shape index (κ1) is 49.2. The van der Waals surface area contributed by atoms with E-state index in [2.05, 4.69) is 16.0 Å². The van der Waals surface area contributed by atoms with Crippen molar-refractivity contribution in [2.24, 2.45) is 24.4 Å². The number of piperidine rings is 2. The molecule has 4 aliphatic rings. The molecule has 0 radical (unpaired) electrons. The fourth-order valence-corrected chi connectivity index (χ4v) is 10.1. The highest BCUT2D eigenvalue weighted by molar-refractivity contribution is 6.00. The van der Waals surface area contributed by atoms with Crippen LogP contribution in [0.2, 0.25) is 0 Å². The lowest BCUT2D eigenvalue weighted by Crippen LogP contribution is -2.61. The minimum atomic E-state index is -1.41. The fraction of sp³-hybridized carbons (Fsp3) is 0.543. The zero-order valence-corrected chi connectivity index (χ0v) is 37.8. The van der Waals surface area contributed by atoms with Crippen molar-refractivity contribution < 1.29 is 52.2 Å². The highest BCUT2D eigenvalue weighted by atomic mass is 19.2.